The molecule has 2 saturated carbocycles. The molecule has 0 saturated heterocycles. The molecule has 2 bridgehead atoms. The first-order valence-corrected chi connectivity index (χ1v) is 6.64. The molecule has 3 unspecified atom stereocenters. The fourth-order valence-corrected chi connectivity index (χ4v) is 3.48. The van der Waals surface area contributed by atoms with Crippen molar-refractivity contribution in [3.05, 3.63) is 29.6 Å². The Kier molecular flexibility index (Phi) is 3.06. The fourth-order valence-electron chi connectivity index (χ4n) is 3.48. The molecule has 0 aromatic heterocycles. The zero-order valence-electron chi connectivity index (χ0n) is 10.3. The third-order valence-corrected chi connectivity index (χ3v) is 4.43. The molecule has 2 aliphatic rings. The van der Waals surface area contributed by atoms with Crippen LogP contribution in [0.5, 0.6) is 5.75 Å². The van der Waals surface area contributed by atoms with Crippen molar-refractivity contribution >= 4 is 6.29 Å². The highest BCUT2D eigenvalue weighted by atomic mass is 19.1. The maximum Gasteiger partial charge on any atom is 0.165 e. The predicted octanol–water partition coefficient (Wildman–Crippen LogP) is 3.45. The van der Waals surface area contributed by atoms with Crippen molar-refractivity contribution in [2.24, 2.45) is 17.8 Å². The molecule has 0 spiro atoms. The third kappa shape index (κ3) is 2.14. The molecule has 3 heteroatoms. The monoisotopic (exact) mass is 248 g/mol. The van der Waals surface area contributed by atoms with E-state index in [1.54, 1.807) is 12.1 Å². The maximum absolute atomic E-state index is 13.6. The lowest BCUT2D eigenvalue weighted by atomic mass is 9.89. The fraction of sp³-hybridized carbons (Fsp3) is 0.533. The number of ether oxygens (including phenoxy) is 1. The van der Waals surface area contributed by atoms with Gasteiger partial charge in [-0.1, -0.05) is 6.42 Å². The molecule has 3 rings (SSSR count). The standard InChI is InChI=1S/C15H17FO2/c16-14-7-11(8-17)2-4-15(14)18-9-13-6-10-1-3-12(13)5-10/h2,4,7-8,10,12-13H,1,3,5-6,9H2. The van der Waals surface area contributed by atoms with E-state index >= 15 is 0 Å². The summed E-state index contributed by atoms with van der Waals surface area (Å²) in [6.45, 7) is 0.610. The molecular weight excluding hydrogens is 231 g/mol. The Morgan fingerprint density at radius 3 is 2.83 bits per heavy atom. The van der Waals surface area contributed by atoms with Crippen LogP contribution in [-0.2, 0) is 0 Å². The highest BCUT2D eigenvalue weighted by molar-refractivity contribution is 5.74. The second-order valence-corrected chi connectivity index (χ2v) is 5.55. The topological polar surface area (TPSA) is 26.3 Å². The van der Waals surface area contributed by atoms with Gasteiger partial charge in [0.2, 0.25) is 0 Å². The lowest BCUT2D eigenvalue weighted by Gasteiger charge is -2.21. The summed E-state index contributed by atoms with van der Waals surface area (Å²) in [4.78, 5) is 10.5. The molecule has 0 aliphatic heterocycles. The average Bonchev–Trinajstić information content (AvgIpc) is 2.99. The summed E-state index contributed by atoms with van der Waals surface area (Å²) in [5.74, 6) is 2.08. The molecule has 0 heterocycles. The van der Waals surface area contributed by atoms with Crippen LogP contribution in [0, 0.1) is 23.6 Å². The average molecular weight is 248 g/mol. The van der Waals surface area contributed by atoms with Crippen LogP contribution in [-0.4, -0.2) is 12.9 Å². The van der Waals surface area contributed by atoms with Crippen LogP contribution in [0.2, 0.25) is 0 Å². The molecule has 2 fully saturated rings. The minimum Gasteiger partial charge on any atom is -0.490 e. The van der Waals surface area contributed by atoms with Crippen LogP contribution in [0.3, 0.4) is 0 Å². The van der Waals surface area contributed by atoms with E-state index in [2.05, 4.69) is 0 Å². The third-order valence-electron chi connectivity index (χ3n) is 4.43. The number of hydrogen-bond donors (Lipinski definition) is 0. The van der Waals surface area contributed by atoms with Crippen molar-refractivity contribution in [2.75, 3.05) is 6.61 Å². The van der Waals surface area contributed by atoms with Gasteiger partial charge in [0.15, 0.2) is 11.6 Å². The maximum atomic E-state index is 13.6. The molecule has 0 amide bonds. The van der Waals surface area contributed by atoms with E-state index in [1.165, 1.54) is 31.7 Å². The first kappa shape index (κ1) is 11.7. The first-order chi connectivity index (χ1) is 8.76. The second kappa shape index (κ2) is 4.71. The van der Waals surface area contributed by atoms with Gasteiger partial charge in [0.25, 0.3) is 0 Å². The number of fused-ring (bicyclic) bond motifs is 2. The highest BCUT2D eigenvalue weighted by Crippen LogP contribution is 2.48. The SMILES string of the molecule is O=Cc1ccc(OCC2CC3CCC2C3)c(F)c1. The number of carbonyl (C=O) groups excluding carboxylic acids is 1. The van der Waals surface area contributed by atoms with Crippen molar-refractivity contribution in [3.8, 4) is 5.75 Å². The van der Waals surface area contributed by atoms with E-state index in [-0.39, 0.29) is 5.75 Å². The Balaban J connectivity index is 1.61. The smallest absolute Gasteiger partial charge is 0.165 e. The molecular formula is C15H17FO2. The summed E-state index contributed by atoms with van der Waals surface area (Å²) in [5.41, 5.74) is 0.347. The van der Waals surface area contributed by atoms with E-state index in [1.807, 2.05) is 0 Å². The molecule has 3 atom stereocenters. The van der Waals surface area contributed by atoms with Gasteiger partial charge in [0.05, 0.1) is 6.61 Å². The highest BCUT2D eigenvalue weighted by Gasteiger charge is 2.39. The van der Waals surface area contributed by atoms with Gasteiger partial charge in [-0.2, -0.15) is 0 Å². The minimum atomic E-state index is -0.442. The van der Waals surface area contributed by atoms with Gasteiger partial charge in [-0.25, -0.2) is 4.39 Å². The molecule has 0 N–H and O–H groups in total. The van der Waals surface area contributed by atoms with E-state index in [4.69, 9.17) is 4.74 Å². The van der Waals surface area contributed by atoms with Gasteiger partial charge in [0, 0.05) is 5.56 Å². The van der Waals surface area contributed by atoms with Gasteiger partial charge in [-0.3, -0.25) is 4.79 Å². The van der Waals surface area contributed by atoms with Crippen molar-refractivity contribution in [1.82, 2.24) is 0 Å². The number of rotatable bonds is 4. The summed E-state index contributed by atoms with van der Waals surface area (Å²) >= 11 is 0. The Morgan fingerprint density at radius 1 is 1.33 bits per heavy atom. The Morgan fingerprint density at radius 2 is 2.22 bits per heavy atom. The van der Waals surface area contributed by atoms with Crippen LogP contribution in [0.4, 0.5) is 4.39 Å². The molecule has 2 aliphatic carbocycles. The Hall–Kier alpha value is -1.38. The lowest BCUT2D eigenvalue weighted by molar-refractivity contribution is 0.112. The zero-order valence-corrected chi connectivity index (χ0v) is 10.3. The van der Waals surface area contributed by atoms with Gasteiger partial charge >= 0.3 is 0 Å². The van der Waals surface area contributed by atoms with Crippen LogP contribution >= 0.6 is 0 Å². The summed E-state index contributed by atoms with van der Waals surface area (Å²) in [6.07, 6.45) is 5.89. The van der Waals surface area contributed by atoms with Gasteiger partial charge in [-0.05, 0) is 55.2 Å². The molecule has 2 nitrogen and oxygen atoms in total. The molecule has 96 valence electrons. The minimum absolute atomic E-state index is 0.267. The van der Waals surface area contributed by atoms with E-state index in [9.17, 15) is 9.18 Å². The van der Waals surface area contributed by atoms with Crippen LogP contribution < -0.4 is 4.74 Å². The molecule has 1 aromatic rings. The second-order valence-electron chi connectivity index (χ2n) is 5.55. The van der Waals surface area contributed by atoms with E-state index < -0.39 is 5.82 Å². The first-order valence-electron chi connectivity index (χ1n) is 6.64. The van der Waals surface area contributed by atoms with Crippen LogP contribution in [0.15, 0.2) is 18.2 Å². The Bertz CT molecular complexity index is 458. The van der Waals surface area contributed by atoms with Crippen LogP contribution in [0.1, 0.15) is 36.0 Å². The van der Waals surface area contributed by atoms with Crippen molar-refractivity contribution < 1.29 is 13.9 Å². The van der Waals surface area contributed by atoms with Crippen LogP contribution in [0.25, 0.3) is 0 Å². The van der Waals surface area contributed by atoms with E-state index in [0.29, 0.717) is 24.4 Å². The normalized spacial score (nSPS) is 29.5. The zero-order chi connectivity index (χ0) is 12.5. The lowest BCUT2D eigenvalue weighted by Crippen LogP contribution is -2.18. The Labute approximate surface area is 106 Å². The van der Waals surface area contributed by atoms with Gasteiger partial charge in [0.1, 0.15) is 6.29 Å². The van der Waals surface area contributed by atoms with E-state index in [0.717, 1.165) is 11.8 Å². The molecule has 1 aromatic carbocycles. The number of hydrogen-bond acceptors (Lipinski definition) is 2. The molecule has 0 radical (unpaired) electrons. The van der Waals surface area contributed by atoms with Gasteiger partial charge < -0.3 is 4.74 Å². The largest absolute Gasteiger partial charge is 0.490 e. The van der Waals surface area contributed by atoms with Crippen molar-refractivity contribution in [1.29, 1.82) is 0 Å². The number of aldehydes is 1. The predicted molar refractivity (Wildman–Crippen MR) is 66.2 cm³/mol. The summed E-state index contributed by atoms with van der Waals surface area (Å²) < 4.78 is 19.2. The number of benzene rings is 1. The van der Waals surface area contributed by atoms with Crippen molar-refractivity contribution in [2.45, 2.75) is 25.7 Å². The summed E-state index contributed by atoms with van der Waals surface area (Å²) in [7, 11) is 0. The molecule has 18 heavy (non-hydrogen) atoms. The summed E-state index contributed by atoms with van der Waals surface area (Å²) in [5, 5.41) is 0. The van der Waals surface area contributed by atoms with Crippen molar-refractivity contribution in [3.63, 3.8) is 0 Å². The number of halogens is 1. The number of carbonyl (C=O) groups is 1. The van der Waals surface area contributed by atoms with Gasteiger partial charge in [-0.15, -0.1) is 0 Å². The summed E-state index contributed by atoms with van der Waals surface area (Å²) in [6, 6.07) is 4.36. The quantitative estimate of drug-likeness (QED) is 0.763.